The lowest BCUT2D eigenvalue weighted by atomic mass is 10.1. The van der Waals surface area contributed by atoms with Gasteiger partial charge in [0, 0.05) is 19.3 Å². The number of hydrogen-bond acceptors (Lipinski definition) is 4. The first-order chi connectivity index (χ1) is 15.8. The van der Waals surface area contributed by atoms with Crippen LogP contribution in [0.5, 0.6) is 5.75 Å². The lowest BCUT2D eigenvalue weighted by Gasteiger charge is -2.11. The van der Waals surface area contributed by atoms with Crippen molar-refractivity contribution < 1.29 is 36.6 Å². The van der Waals surface area contributed by atoms with Crippen molar-refractivity contribution in [3.8, 4) is 17.6 Å². The van der Waals surface area contributed by atoms with Gasteiger partial charge in [-0.25, -0.2) is 4.39 Å². The Hall–Kier alpha value is -2.56. The van der Waals surface area contributed by atoms with Gasteiger partial charge in [0.2, 0.25) is 0 Å². The van der Waals surface area contributed by atoms with Crippen molar-refractivity contribution in [1.29, 1.82) is 0 Å². The van der Waals surface area contributed by atoms with Gasteiger partial charge < -0.3 is 9.47 Å². The van der Waals surface area contributed by atoms with E-state index in [1.165, 1.54) is 38.5 Å². The Morgan fingerprint density at radius 3 is 2.18 bits per heavy atom. The number of halogens is 4. The number of ether oxygens (including phenoxy) is 2. The third-order valence-electron chi connectivity index (χ3n) is 4.84. The van der Waals surface area contributed by atoms with Crippen molar-refractivity contribution in [1.82, 2.24) is 0 Å². The van der Waals surface area contributed by atoms with Gasteiger partial charge in [0.25, 0.3) is 0 Å². The van der Waals surface area contributed by atoms with E-state index in [0.717, 1.165) is 31.4 Å². The summed E-state index contributed by atoms with van der Waals surface area (Å²) in [5, 5.41) is 0. The molecule has 8 heteroatoms. The molecule has 4 nitrogen and oxygen atoms in total. The van der Waals surface area contributed by atoms with Crippen molar-refractivity contribution in [3.05, 3.63) is 29.6 Å². The molecule has 1 aromatic carbocycles. The summed E-state index contributed by atoms with van der Waals surface area (Å²) in [5.41, 5.74) is -1.51. The molecule has 1 rings (SSSR count). The number of alkyl halides is 3. The van der Waals surface area contributed by atoms with Crippen LogP contribution in [0.1, 0.15) is 89.5 Å². The molecule has 1 aromatic rings. The van der Waals surface area contributed by atoms with Crippen LogP contribution < -0.4 is 4.74 Å². The number of carbonyl (C=O) groups is 2. The van der Waals surface area contributed by atoms with Gasteiger partial charge in [-0.3, -0.25) is 9.59 Å². The zero-order valence-electron chi connectivity index (χ0n) is 19.1. The summed E-state index contributed by atoms with van der Waals surface area (Å²) in [5.74, 6) is 1.79. The standard InChI is InChI=1S/C25H32F4O4/c1-2-3-4-5-6-7-8-9-10-11-12-19-32-22(30)17-14-18-23(31)33-21-16-13-15-20(24(21)26)25(27,28)29/h13,15-16H,2-10,14,17-19H2,1H3. The Kier molecular flexibility index (Phi) is 13.9. The molecular weight excluding hydrogens is 440 g/mol. The molecule has 184 valence electrons. The van der Waals surface area contributed by atoms with Crippen LogP contribution in [0, 0.1) is 17.7 Å². The summed E-state index contributed by atoms with van der Waals surface area (Å²) in [6.45, 7) is 2.17. The molecule has 0 saturated carbocycles. The largest absolute Gasteiger partial charge is 0.452 e. The van der Waals surface area contributed by atoms with Crippen LogP contribution in [0.4, 0.5) is 17.6 Å². The van der Waals surface area contributed by atoms with Gasteiger partial charge in [0.15, 0.2) is 18.2 Å². The van der Waals surface area contributed by atoms with E-state index >= 15 is 0 Å². The zero-order chi connectivity index (χ0) is 24.5. The number of rotatable bonds is 14. The fourth-order valence-electron chi connectivity index (χ4n) is 3.03. The maximum atomic E-state index is 13.8. The molecule has 0 fully saturated rings. The first-order valence-electron chi connectivity index (χ1n) is 11.4. The molecule has 0 saturated heterocycles. The van der Waals surface area contributed by atoms with Crippen molar-refractivity contribution in [2.24, 2.45) is 0 Å². The molecule has 0 bridgehead atoms. The van der Waals surface area contributed by atoms with Gasteiger partial charge in [-0.05, 0) is 25.0 Å². The summed E-state index contributed by atoms with van der Waals surface area (Å²) in [6, 6.07) is 2.44. The molecule has 0 aliphatic heterocycles. The smallest absolute Gasteiger partial charge is 0.419 e. The highest BCUT2D eigenvalue weighted by Gasteiger charge is 2.35. The summed E-state index contributed by atoms with van der Waals surface area (Å²) in [7, 11) is 0. The fraction of sp³-hybridized carbons (Fsp3) is 0.600. The number of hydrogen-bond donors (Lipinski definition) is 0. The minimum atomic E-state index is -4.90. The van der Waals surface area contributed by atoms with Crippen molar-refractivity contribution in [2.75, 3.05) is 6.61 Å². The number of esters is 2. The van der Waals surface area contributed by atoms with Gasteiger partial charge in [0.05, 0.1) is 5.56 Å². The van der Waals surface area contributed by atoms with E-state index in [-0.39, 0.29) is 25.9 Å². The summed E-state index contributed by atoms with van der Waals surface area (Å²) >= 11 is 0. The Balaban J connectivity index is 2.15. The van der Waals surface area contributed by atoms with E-state index in [1.807, 2.05) is 0 Å². The average Bonchev–Trinajstić information content (AvgIpc) is 2.75. The van der Waals surface area contributed by atoms with Gasteiger partial charge in [-0.15, -0.1) is 0 Å². The second-order valence-electron chi connectivity index (χ2n) is 7.68. The SMILES string of the molecule is CCCCCCCCCCC#CCOC(=O)CCCC(=O)Oc1cccc(C(F)(F)F)c1F. The topological polar surface area (TPSA) is 52.6 Å². The van der Waals surface area contributed by atoms with E-state index in [1.54, 1.807) is 0 Å². The molecule has 0 aliphatic rings. The molecule has 0 amide bonds. The van der Waals surface area contributed by atoms with Gasteiger partial charge in [0.1, 0.15) is 0 Å². The van der Waals surface area contributed by atoms with Crippen molar-refractivity contribution in [3.63, 3.8) is 0 Å². The van der Waals surface area contributed by atoms with Gasteiger partial charge in [-0.1, -0.05) is 69.8 Å². The first-order valence-corrected chi connectivity index (χ1v) is 11.4. The quantitative estimate of drug-likeness (QED) is 0.0962. The lowest BCUT2D eigenvalue weighted by Crippen LogP contribution is -2.13. The van der Waals surface area contributed by atoms with Crippen LogP contribution in [0.15, 0.2) is 18.2 Å². The van der Waals surface area contributed by atoms with Gasteiger partial charge in [-0.2, -0.15) is 13.2 Å². The Morgan fingerprint density at radius 1 is 0.879 bits per heavy atom. The number of benzene rings is 1. The van der Waals surface area contributed by atoms with E-state index in [0.29, 0.717) is 6.07 Å². The highest BCUT2D eigenvalue weighted by Crippen LogP contribution is 2.34. The maximum Gasteiger partial charge on any atom is 0.419 e. The number of unbranched alkanes of at least 4 members (excludes halogenated alkanes) is 8. The van der Waals surface area contributed by atoms with E-state index < -0.39 is 35.2 Å². The predicted octanol–water partition coefficient (Wildman–Crippen LogP) is 7.00. The monoisotopic (exact) mass is 472 g/mol. The molecule has 0 aromatic heterocycles. The first kappa shape index (κ1) is 28.5. The van der Waals surface area contributed by atoms with Gasteiger partial charge >= 0.3 is 18.1 Å². The normalized spacial score (nSPS) is 10.9. The second kappa shape index (κ2) is 16.1. The molecule has 0 atom stereocenters. The Morgan fingerprint density at radius 2 is 1.52 bits per heavy atom. The van der Waals surface area contributed by atoms with Crippen LogP contribution in [-0.4, -0.2) is 18.5 Å². The number of carbonyl (C=O) groups excluding carboxylic acids is 2. The molecule has 0 unspecified atom stereocenters. The highest BCUT2D eigenvalue weighted by atomic mass is 19.4. The predicted molar refractivity (Wildman–Crippen MR) is 117 cm³/mol. The minimum absolute atomic E-state index is 0.0320. The van der Waals surface area contributed by atoms with Crippen LogP contribution in [0.3, 0.4) is 0 Å². The molecule has 0 radical (unpaired) electrons. The summed E-state index contributed by atoms with van der Waals surface area (Å²) in [6.07, 6.45) is 5.33. The van der Waals surface area contributed by atoms with Crippen LogP contribution in [0.25, 0.3) is 0 Å². The minimum Gasteiger partial charge on any atom is -0.452 e. The molecule has 0 aliphatic carbocycles. The zero-order valence-corrected chi connectivity index (χ0v) is 19.1. The Labute approximate surface area is 193 Å². The fourth-order valence-corrected chi connectivity index (χ4v) is 3.03. The highest BCUT2D eigenvalue weighted by molar-refractivity contribution is 5.74. The Bertz CT molecular complexity index is 794. The average molecular weight is 473 g/mol. The maximum absolute atomic E-state index is 13.8. The van der Waals surface area contributed by atoms with E-state index in [2.05, 4.69) is 23.5 Å². The van der Waals surface area contributed by atoms with Crippen LogP contribution in [-0.2, 0) is 20.5 Å². The van der Waals surface area contributed by atoms with Crippen LogP contribution in [0.2, 0.25) is 0 Å². The van der Waals surface area contributed by atoms with Crippen molar-refractivity contribution >= 4 is 11.9 Å². The summed E-state index contributed by atoms with van der Waals surface area (Å²) < 4.78 is 61.5. The molecule has 0 N–H and O–H groups in total. The molecule has 0 spiro atoms. The van der Waals surface area contributed by atoms with Crippen molar-refractivity contribution in [2.45, 2.75) is 90.1 Å². The molecular formula is C25H32F4O4. The third-order valence-corrected chi connectivity index (χ3v) is 4.84. The summed E-state index contributed by atoms with van der Waals surface area (Å²) in [4.78, 5) is 23.4. The van der Waals surface area contributed by atoms with Crippen LogP contribution >= 0.6 is 0 Å². The lowest BCUT2D eigenvalue weighted by molar-refractivity contribution is -0.143. The molecule has 33 heavy (non-hydrogen) atoms. The van der Waals surface area contributed by atoms with E-state index in [9.17, 15) is 27.2 Å². The van der Waals surface area contributed by atoms with E-state index in [4.69, 9.17) is 4.74 Å². The molecule has 0 heterocycles. The second-order valence-corrected chi connectivity index (χ2v) is 7.68. The third kappa shape index (κ3) is 12.9.